The molecule has 2 aromatic heterocycles. The van der Waals surface area contributed by atoms with E-state index < -0.39 is 0 Å². The van der Waals surface area contributed by atoms with Crippen LogP contribution in [0.1, 0.15) is 49.6 Å². The minimum Gasteiger partial charge on any atom is -0.339 e. The van der Waals surface area contributed by atoms with Gasteiger partial charge in [0.05, 0.1) is 5.69 Å². The van der Waals surface area contributed by atoms with E-state index in [1.807, 2.05) is 24.5 Å². The standard InChI is InChI=1S/C20H25N3OS/c1-2-16-5-3-4-12-23(16)20(24)15-6-7-17-18(13-15)25-19(22-17)14-8-10-21-11-9-14/h8-11,15-16H,2-7,12-13H2,1H3. The van der Waals surface area contributed by atoms with E-state index >= 15 is 0 Å². The molecular formula is C20H25N3OS. The first-order valence-electron chi connectivity index (χ1n) is 9.45. The van der Waals surface area contributed by atoms with Crippen molar-refractivity contribution in [3.63, 3.8) is 0 Å². The van der Waals surface area contributed by atoms with Gasteiger partial charge in [-0.25, -0.2) is 4.98 Å². The largest absolute Gasteiger partial charge is 0.339 e. The number of aryl methyl sites for hydroxylation is 1. The van der Waals surface area contributed by atoms with Crippen LogP contribution in [0.5, 0.6) is 0 Å². The van der Waals surface area contributed by atoms with Crippen LogP contribution in [0.3, 0.4) is 0 Å². The van der Waals surface area contributed by atoms with Crippen molar-refractivity contribution in [3.05, 3.63) is 35.1 Å². The summed E-state index contributed by atoms with van der Waals surface area (Å²) in [5, 5.41) is 1.06. The van der Waals surface area contributed by atoms with Crippen molar-refractivity contribution in [2.75, 3.05) is 6.54 Å². The Morgan fingerprint density at radius 3 is 2.92 bits per heavy atom. The molecule has 4 rings (SSSR count). The third kappa shape index (κ3) is 3.34. The lowest BCUT2D eigenvalue weighted by atomic mass is 9.88. The molecule has 4 nitrogen and oxygen atoms in total. The molecule has 0 N–H and O–H groups in total. The smallest absolute Gasteiger partial charge is 0.226 e. The minimum absolute atomic E-state index is 0.144. The molecule has 0 aromatic carbocycles. The number of hydrogen-bond donors (Lipinski definition) is 0. The van der Waals surface area contributed by atoms with Crippen LogP contribution in [0.15, 0.2) is 24.5 Å². The van der Waals surface area contributed by atoms with Crippen LogP contribution in [0.2, 0.25) is 0 Å². The molecule has 0 saturated carbocycles. The summed E-state index contributed by atoms with van der Waals surface area (Å²) in [7, 11) is 0. The predicted octanol–water partition coefficient (Wildman–Crippen LogP) is 4.10. The van der Waals surface area contributed by atoms with Crippen LogP contribution in [-0.2, 0) is 17.6 Å². The number of amides is 1. The molecule has 3 heterocycles. The van der Waals surface area contributed by atoms with E-state index in [0.29, 0.717) is 11.9 Å². The molecule has 0 spiro atoms. The fourth-order valence-electron chi connectivity index (χ4n) is 4.15. The molecule has 2 atom stereocenters. The minimum atomic E-state index is 0.144. The lowest BCUT2D eigenvalue weighted by Gasteiger charge is -2.38. The maximum absolute atomic E-state index is 13.1. The van der Waals surface area contributed by atoms with Crippen LogP contribution in [0, 0.1) is 5.92 Å². The van der Waals surface area contributed by atoms with E-state index in [4.69, 9.17) is 4.98 Å². The number of carbonyl (C=O) groups is 1. The first-order valence-corrected chi connectivity index (χ1v) is 10.3. The molecule has 2 aliphatic rings. The van der Waals surface area contributed by atoms with Crippen molar-refractivity contribution in [2.45, 2.75) is 57.9 Å². The lowest BCUT2D eigenvalue weighted by molar-refractivity contribution is -0.139. The molecule has 2 unspecified atom stereocenters. The highest BCUT2D eigenvalue weighted by Gasteiger charge is 2.34. The number of piperidine rings is 1. The van der Waals surface area contributed by atoms with Crippen LogP contribution >= 0.6 is 11.3 Å². The maximum atomic E-state index is 13.1. The summed E-state index contributed by atoms with van der Waals surface area (Å²) in [6.07, 6.45) is 11.0. The zero-order valence-electron chi connectivity index (χ0n) is 14.8. The second-order valence-electron chi connectivity index (χ2n) is 7.15. The SMILES string of the molecule is CCC1CCCCN1C(=O)C1CCc2nc(-c3ccncc3)sc2C1. The van der Waals surface area contributed by atoms with Gasteiger partial charge in [0.15, 0.2) is 0 Å². The fraction of sp³-hybridized carbons (Fsp3) is 0.550. The Hall–Kier alpha value is -1.75. The molecule has 1 saturated heterocycles. The summed E-state index contributed by atoms with van der Waals surface area (Å²) in [6.45, 7) is 3.16. The van der Waals surface area contributed by atoms with Crippen molar-refractivity contribution in [1.29, 1.82) is 0 Å². The van der Waals surface area contributed by atoms with Crippen molar-refractivity contribution in [3.8, 4) is 10.6 Å². The lowest BCUT2D eigenvalue weighted by Crippen LogP contribution is -2.47. The van der Waals surface area contributed by atoms with Crippen LogP contribution in [-0.4, -0.2) is 33.4 Å². The summed E-state index contributed by atoms with van der Waals surface area (Å²) < 4.78 is 0. The number of fused-ring (bicyclic) bond motifs is 1. The molecule has 5 heteroatoms. The van der Waals surface area contributed by atoms with Gasteiger partial charge in [-0.15, -0.1) is 11.3 Å². The molecular weight excluding hydrogens is 330 g/mol. The molecule has 132 valence electrons. The number of hydrogen-bond acceptors (Lipinski definition) is 4. The number of rotatable bonds is 3. The van der Waals surface area contributed by atoms with Gasteiger partial charge in [0, 0.05) is 41.3 Å². The number of pyridine rings is 1. The number of nitrogens with zero attached hydrogens (tertiary/aromatic N) is 3. The van der Waals surface area contributed by atoms with Crippen molar-refractivity contribution >= 4 is 17.2 Å². The normalized spacial score (nSPS) is 23.3. The van der Waals surface area contributed by atoms with Gasteiger partial charge in [0.25, 0.3) is 0 Å². The summed E-state index contributed by atoms with van der Waals surface area (Å²) >= 11 is 1.75. The Balaban J connectivity index is 1.51. The third-order valence-corrected chi connectivity index (χ3v) is 6.77. The molecule has 0 bridgehead atoms. The van der Waals surface area contributed by atoms with Gasteiger partial charge in [-0.05, 0) is 57.1 Å². The zero-order valence-corrected chi connectivity index (χ0v) is 15.6. The molecule has 2 aromatic rings. The maximum Gasteiger partial charge on any atom is 0.226 e. The fourth-order valence-corrected chi connectivity index (χ4v) is 5.35. The molecule has 1 aliphatic carbocycles. The Kier molecular flexibility index (Phi) is 4.84. The van der Waals surface area contributed by atoms with Gasteiger partial charge in [0.1, 0.15) is 5.01 Å². The third-order valence-electron chi connectivity index (χ3n) is 5.60. The van der Waals surface area contributed by atoms with Crippen molar-refractivity contribution in [1.82, 2.24) is 14.9 Å². The molecule has 0 radical (unpaired) electrons. The van der Waals surface area contributed by atoms with E-state index in [1.54, 1.807) is 11.3 Å². The topological polar surface area (TPSA) is 46.1 Å². The van der Waals surface area contributed by atoms with Gasteiger partial charge >= 0.3 is 0 Å². The highest BCUT2D eigenvalue weighted by atomic mass is 32.1. The van der Waals surface area contributed by atoms with Crippen LogP contribution in [0.25, 0.3) is 10.6 Å². The summed E-state index contributed by atoms with van der Waals surface area (Å²) in [5.74, 6) is 0.529. The summed E-state index contributed by atoms with van der Waals surface area (Å²) in [5.41, 5.74) is 2.32. The molecule has 1 aliphatic heterocycles. The highest BCUT2D eigenvalue weighted by molar-refractivity contribution is 7.15. The monoisotopic (exact) mass is 355 g/mol. The van der Waals surface area contributed by atoms with Gasteiger partial charge in [-0.1, -0.05) is 6.92 Å². The van der Waals surface area contributed by atoms with Gasteiger partial charge in [-0.2, -0.15) is 0 Å². The van der Waals surface area contributed by atoms with Crippen LogP contribution in [0.4, 0.5) is 0 Å². The summed E-state index contributed by atoms with van der Waals surface area (Å²) in [4.78, 5) is 25.5. The Morgan fingerprint density at radius 2 is 2.12 bits per heavy atom. The molecule has 1 amide bonds. The van der Waals surface area contributed by atoms with Crippen molar-refractivity contribution in [2.24, 2.45) is 5.92 Å². The second-order valence-corrected chi connectivity index (χ2v) is 8.24. The van der Waals surface area contributed by atoms with E-state index in [9.17, 15) is 4.79 Å². The molecule has 1 fully saturated rings. The Labute approximate surface area is 153 Å². The average Bonchev–Trinajstić information content (AvgIpc) is 3.11. The Bertz CT molecular complexity index is 743. The number of likely N-dealkylation sites (tertiary alicyclic amines) is 1. The molecule has 25 heavy (non-hydrogen) atoms. The van der Waals surface area contributed by atoms with E-state index in [1.165, 1.54) is 23.4 Å². The van der Waals surface area contributed by atoms with Gasteiger partial charge < -0.3 is 4.90 Å². The Morgan fingerprint density at radius 1 is 1.28 bits per heavy atom. The van der Waals surface area contributed by atoms with E-state index in [0.717, 1.165) is 49.2 Å². The van der Waals surface area contributed by atoms with E-state index in [2.05, 4.69) is 16.8 Å². The first-order chi connectivity index (χ1) is 12.3. The van der Waals surface area contributed by atoms with Gasteiger partial charge in [-0.3, -0.25) is 9.78 Å². The van der Waals surface area contributed by atoms with Crippen molar-refractivity contribution < 1.29 is 4.79 Å². The predicted molar refractivity (Wildman–Crippen MR) is 101 cm³/mol. The quantitative estimate of drug-likeness (QED) is 0.833. The highest BCUT2D eigenvalue weighted by Crippen LogP contribution is 2.35. The average molecular weight is 356 g/mol. The number of carbonyl (C=O) groups excluding carboxylic acids is 1. The first kappa shape index (κ1) is 16.7. The number of thiazole rings is 1. The van der Waals surface area contributed by atoms with Gasteiger partial charge in [0.2, 0.25) is 5.91 Å². The van der Waals surface area contributed by atoms with Crippen LogP contribution < -0.4 is 0 Å². The van der Waals surface area contributed by atoms with E-state index in [-0.39, 0.29) is 5.92 Å². The summed E-state index contributed by atoms with van der Waals surface area (Å²) in [6, 6.07) is 4.47. The number of aromatic nitrogens is 2. The zero-order chi connectivity index (χ0) is 17.2. The second kappa shape index (κ2) is 7.24.